The van der Waals surface area contributed by atoms with Gasteiger partial charge in [-0.05, 0) is 49.5 Å². The molecule has 0 aromatic heterocycles. The second kappa shape index (κ2) is 7.35. The van der Waals surface area contributed by atoms with E-state index in [1.807, 2.05) is 11.8 Å². The predicted octanol–water partition coefficient (Wildman–Crippen LogP) is 4.81. The zero-order chi connectivity index (χ0) is 13.7. The van der Waals surface area contributed by atoms with Crippen molar-refractivity contribution < 1.29 is 0 Å². The standard InChI is InChI=1S/C17H27NS/c1-4-15-8-10-18(11-9-15)13-16-6-5-7-17(12-16)19-14(2)3/h5-7,12,14-15H,4,8-11,13H2,1-3H3. The maximum absolute atomic E-state index is 2.62. The first kappa shape index (κ1) is 14.9. The molecule has 1 aliphatic rings. The van der Waals surface area contributed by atoms with Gasteiger partial charge in [-0.3, -0.25) is 4.90 Å². The fourth-order valence-electron chi connectivity index (χ4n) is 2.80. The summed E-state index contributed by atoms with van der Waals surface area (Å²) in [5.74, 6) is 0.971. The third-order valence-electron chi connectivity index (χ3n) is 3.96. The van der Waals surface area contributed by atoms with Gasteiger partial charge in [0.1, 0.15) is 0 Å². The molecule has 1 aromatic carbocycles. The third-order valence-corrected chi connectivity index (χ3v) is 4.96. The number of hydrogen-bond acceptors (Lipinski definition) is 2. The maximum Gasteiger partial charge on any atom is 0.0234 e. The van der Waals surface area contributed by atoms with Crippen molar-refractivity contribution in [3.05, 3.63) is 29.8 Å². The molecular formula is C17H27NS. The lowest BCUT2D eigenvalue weighted by Crippen LogP contribution is -2.32. The summed E-state index contributed by atoms with van der Waals surface area (Å²) < 4.78 is 0. The average Bonchev–Trinajstić information content (AvgIpc) is 2.39. The number of nitrogens with zero attached hydrogens (tertiary/aromatic N) is 1. The number of piperidine rings is 1. The minimum Gasteiger partial charge on any atom is -0.299 e. The molecule has 1 nitrogen and oxygen atoms in total. The summed E-state index contributed by atoms with van der Waals surface area (Å²) in [7, 11) is 0. The van der Waals surface area contributed by atoms with Crippen LogP contribution in [0, 0.1) is 5.92 Å². The fourth-order valence-corrected chi connectivity index (χ4v) is 3.72. The van der Waals surface area contributed by atoms with E-state index in [2.05, 4.69) is 49.9 Å². The Morgan fingerprint density at radius 1 is 1.26 bits per heavy atom. The van der Waals surface area contributed by atoms with Crippen molar-refractivity contribution in [1.29, 1.82) is 0 Å². The molecule has 0 bridgehead atoms. The molecule has 1 fully saturated rings. The summed E-state index contributed by atoms with van der Waals surface area (Å²) in [4.78, 5) is 4.03. The third kappa shape index (κ3) is 4.85. The molecule has 1 saturated heterocycles. The molecule has 0 amide bonds. The topological polar surface area (TPSA) is 3.24 Å². The number of rotatable bonds is 5. The highest BCUT2D eigenvalue weighted by Gasteiger charge is 2.17. The molecule has 0 saturated carbocycles. The smallest absolute Gasteiger partial charge is 0.0234 e. The number of thioether (sulfide) groups is 1. The van der Waals surface area contributed by atoms with Crippen LogP contribution in [0.15, 0.2) is 29.2 Å². The van der Waals surface area contributed by atoms with Gasteiger partial charge in [-0.2, -0.15) is 0 Å². The molecule has 0 N–H and O–H groups in total. The van der Waals surface area contributed by atoms with Crippen molar-refractivity contribution in [1.82, 2.24) is 4.90 Å². The van der Waals surface area contributed by atoms with Gasteiger partial charge in [0.05, 0.1) is 0 Å². The maximum atomic E-state index is 2.62. The Bertz CT molecular complexity index is 381. The normalized spacial score (nSPS) is 18.1. The summed E-state index contributed by atoms with van der Waals surface area (Å²) in [6, 6.07) is 9.09. The first-order valence-corrected chi connectivity index (χ1v) is 8.53. The van der Waals surface area contributed by atoms with Gasteiger partial charge in [0.15, 0.2) is 0 Å². The lowest BCUT2D eigenvalue weighted by atomic mass is 9.94. The van der Waals surface area contributed by atoms with Crippen molar-refractivity contribution in [2.45, 2.75) is 56.7 Å². The van der Waals surface area contributed by atoms with E-state index in [1.54, 1.807) is 0 Å². The van der Waals surface area contributed by atoms with Crippen LogP contribution in [0.2, 0.25) is 0 Å². The van der Waals surface area contributed by atoms with Crippen molar-refractivity contribution >= 4 is 11.8 Å². The van der Waals surface area contributed by atoms with Crippen LogP contribution in [-0.4, -0.2) is 23.2 Å². The second-order valence-electron chi connectivity index (χ2n) is 5.94. The summed E-state index contributed by atoms with van der Waals surface area (Å²) in [5, 5.41) is 0.663. The lowest BCUT2D eigenvalue weighted by Gasteiger charge is -2.31. The average molecular weight is 277 g/mol. The molecule has 106 valence electrons. The van der Waals surface area contributed by atoms with Crippen LogP contribution < -0.4 is 0 Å². The van der Waals surface area contributed by atoms with Gasteiger partial charge >= 0.3 is 0 Å². The molecule has 0 atom stereocenters. The van der Waals surface area contributed by atoms with Gasteiger partial charge in [-0.1, -0.05) is 39.3 Å². The highest BCUT2D eigenvalue weighted by atomic mass is 32.2. The first-order chi connectivity index (χ1) is 9.17. The highest BCUT2D eigenvalue weighted by molar-refractivity contribution is 7.99. The molecule has 1 aromatic rings. The van der Waals surface area contributed by atoms with Gasteiger partial charge in [0, 0.05) is 16.7 Å². The molecule has 2 rings (SSSR count). The Morgan fingerprint density at radius 2 is 2.00 bits per heavy atom. The van der Waals surface area contributed by atoms with Crippen LogP contribution in [0.3, 0.4) is 0 Å². The van der Waals surface area contributed by atoms with E-state index >= 15 is 0 Å². The second-order valence-corrected chi connectivity index (χ2v) is 7.59. The van der Waals surface area contributed by atoms with Crippen LogP contribution in [-0.2, 0) is 6.54 Å². The van der Waals surface area contributed by atoms with Crippen LogP contribution in [0.4, 0.5) is 0 Å². The minimum absolute atomic E-state index is 0.663. The van der Waals surface area contributed by atoms with Crippen LogP contribution >= 0.6 is 11.8 Å². The van der Waals surface area contributed by atoms with E-state index in [4.69, 9.17) is 0 Å². The lowest BCUT2D eigenvalue weighted by molar-refractivity contribution is 0.175. The van der Waals surface area contributed by atoms with Crippen molar-refractivity contribution in [2.24, 2.45) is 5.92 Å². The van der Waals surface area contributed by atoms with E-state index in [9.17, 15) is 0 Å². The summed E-state index contributed by atoms with van der Waals surface area (Å²) in [6.45, 7) is 10.5. The van der Waals surface area contributed by atoms with Gasteiger partial charge in [-0.15, -0.1) is 11.8 Å². The van der Waals surface area contributed by atoms with Crippen molar-refractivity contribution in [2.75, 3.05) is 13.1 Å². The zero-order valence-electron chi connectivity index (χ0n) is 12.6. The quantitative estimate of drug-likeness (QED) is 0.711. The monoisotopic (exact) mass is 277 g/mol. The largest absolute Gasteiger partial charge is 0.299 e. The van der Waals surface area contributed by atoms with Crippen molar-refractivity contribution in [3.8, 4) is 0 Å². The summed E-state index contributed by atoms with van der Waals surface area (Å²) in [6.07, 6.45) is 4.13. The SMILES string of the molecule is CCC1CCN(Cc2cccc(SC(C)C)c2)CC1. The van der Waals surface area contributed by atoms with Crippen molar-refractivity contribution in [3.63, 3.8) is 0 Å². The Balaban J connectivity index is 1.89. The molecule has 1 aliphatic heterocycles. The van der Waals surface area contributed by atoms with Gasteiger partial charge in [0.2, 0.25) is 0 Å². The van der Waals surface area contributed by atoms with E-state index < -0.39 is 0 Å². The van der Waals surface area contributed by atoms with Gasteiger partial charge in [0.25, 0.3) is 0 Å². The van der Waals surface area contributed by atoms with Gasteiger partial charge in [-0.25, -0.2) is 0 Å². The van der Waals surface area contributed by atoms with Crippen LogP contribution in [0.5, 0.6) is 0 Å². The number of hydrogen-bond donors (Lipinski definition) is 0. The summed E-state index contributed by atoms with van der Waals surface area (Å²) in [5.41, 5.74) is 1.47. The Morgan fingerprint density at radius 3 is 2.63 bits per heavy atom. The zero-order valence-corrected chi connectivity index (χ0v) is 13.4. The molecule has 1 heterocycles. The Kier molecular flexibility index (Phi) is 5.77. The molecule has 19 heavy (non-hydrogen) atoms. The van der Waals surface area contributed by atoms with E-state index in [1.165, 1.54) is 42.8 Å². The van der Waals surface area contributed by atoms with E-state index in [-0.39, 0.29) is 0 Å². The van der Waals surface area contributed by atoms with Gasteiger partial charge < -0.3 is 0 Å². The summed E-state index contributed by atoms with van der Waals surface area (Å²) >= 11 is 1.96. The Labute approximate surface area is 122 Å². The number of benzene rings is 1. The Hall–Kier alpha value is -0.470. The minimum atomic E-state index is 0.663. The molecule has 0 spiro atoms. The molecule has 0 radical (unpaired) electrons. The number of likely N-dealkylation sites (tertiary alicyclic amines) is 1. The first-order valence-electron chi connectivity index (χ1n) is 7.65. The van der Waals surface area contributed by atoms with E-state index in [0.717, 1.165) is 12.5 Å². The van der Waals surface area contributed by atoms with Crippen LogP contribution in [0.1, 0.15) is 45.6 Å². The van der Waals surface area contributed by atoms with Crippen LogP contribution in [0.25, 0.3) is 0 Å². The molecular weight excluding hydrogens is 250 g/mol. The van der Waals surface area contributed by atoms with E-state index in [0.29, 0.717) is 5.25 Å². The molecule has 0 unspecified atom stereocenters. The fraction of sp³-hybridized carbons (Fsp3) is 0.647. The predicted molar refractivity (Wildman–Crippen MR) is 85.7 cm³/mol. The highest BCUT2D eigenvalue weighted by Crippen LogP contribution is 2.25. The molecule has 0 aliphatic carbocycles. The molecule has 2 heteroatoms.